The molecule has 1 aromatic carbocycles. The molecule has 2 N–H and O–H groups in total. The third kappa shape index (κ3) is 4.51. The van der Waals surface area contributed by atoms with Crippen molar-refractivity contribution in [1.82, 2.24) is 5.43 Å². The fourth-order valence-corrected chi connectivity index (χ4v) is 2.30. The molecule has 0 amide bonds. The molecule has 0 aliphatic carbocycles. The van der Waals surface area contributed by atoms with Crippen LogP contribution in [-0.2, 0) is 6.18 Å². The zero-order valence-corrected chi connectivity index (χ0v) is 12.2. The summed E-state index contributed by atoms with van der Waals surface area (Å²) in [6, 6.07) is 2.83. The van der Waals surface area contributed by atoms with Gasteiger partial charge in [0.1, 0.15) is 0 Å². The van der Waals surface area contributed by atoms with Gasteiger partial charge in [0.05, 0.1) is 35.2 Å². The quantitative estimate of drug-likeness (QED) is 0.502. The van der Waals surface area contributed by atoms with Crippen molar-refractivity contribution in [2.45, 2.75) is 31.9 Å². The smallest absolute Gasteiger partial charge is 0.277 e. The van der Waals surface area contributed by atoms with Gasteiger partial charge >= 0.3 is 6.18 Å². The van der Waals surface area contributed by atoms with Crippen LogP contribution >= 0.6 is 0 Å². The van der Waals surface area contributed by atoms with Gasteiger partial charge in [0.2, 0.25) is 0 Å². The first-order valence-corrected chi connectivity index (χ1v) is 7.13. The fraction of sp³-hybridized carbons (Fsp3) is 0.429. The summed E-state index contributed by atoms with van der Waals surface area (Å²) in [6.45, 7) is 0.761. The summed E-state index contributed by atoms with van der Waals surface area (Å²) in [5, 5.41) is 14.7. The molecule has 1 aliphatic rings. The average molecular weight is 329 g/mol. The van der Waals surface area contributed by atoms with E-state index in [4.69, 9.17) is 0 Å². The zero-order valence-electron chi connectivity index (χ0n) is 12.2. The second kappa shape index (κ2) is 7.21. The summed E-state index contributed by atoms with van der Waals surface area (Å²) < 4.78 is 39.0. The number of alkyl halides is 3. The van der Waals surface area contributed by atoms with Crippen molar-refractivity contribution in [3.05, 3.63) is 39.4 Å². The van der Waals surface area contributed by atoms with Gasteiger partial charge in [-0.15, -0.1) is 0 Å². The lowest BCUT2D eigenvalue weighted by Crippen LogP contribution is -2.75. The van der Waals surface area contributed by atoms with Crippen LogP contribution in [0.15, 0.2) is 23.3 Å². The van der Waals surface area contributed by atoms with Crippen molar-refractivity contribution >= 4 is 17.7 Å². The predicted molar refractivity (Wildman–Crippen MR) is 78.1 cm³/mol. The SMILES string of the molecule is O=[N+]([O-])c1cccc(C(F)(F)F)c1/C=N/NC1=[NH+]CCCCC1. The van der Waals surface area contributed by atoms with Gasteiger partial charge in [-0.3, -0.25) is 15.1 Å². The Morgan fingerprint density at radius 3 is 2.78 bits per heavy atom. The highest BCUT2D eigenvalue weighted by atomic mass is 19.4. The largest absolute Gasteiger partial charge is 0.417 e. The minimum absolute atomic E-state index is 0.563. The number of nitrogens with one attached hydrogen (secondary N) is 2. The molecule has 0 atom stereocenters. The molecule has 9 heteroatoms. The Labute approximate surface area is 130 Å². The standard InChI is InChI=1S/C14H15F3N4O2/c15-14(16,17)11-5-4-6-12(21(22)23)10(11)9-19-20-13-7-2-1-3-8-18-13/h4-6,9H,1-3,7-8H2,(H,18,20)/p+1/b19-9+. The first-order chi connectivity index (χ1) is 10.9. The molecule has 0 fully saturated rings. The molecule has 0 bridgehead atoms. The number of hydrogen-bond donors (Lipinski definition) is 2. The number of nitro benzene ring substituents is 1. The molecule has 6 nitrogen and oxygen atoms in total. The first kappa shape index (κ1) is 16.9. The van der Waals surface area contributed by atoms with E-state index in [9.17, 15) is 23.3 Å². The lowest BCUT2D eigenvalue weighted by Gasteiger charge is -2.09. The fourth-order valence-electron chi connectivity index (χ4n) is 2.30. The lowest BCUT2D eigenvalue weighted by atomic mass is 10.1. The van der Waals surface area contributed by atoms with E-state index in [1.54, 1.807) is 0 Å². The van der Waals surface area contributed by atoms with E-state index in [1.165, 1.54) is 0 Å². The van der Waals surface area contributed by atoms with E-state index in [1.807, 2.05) is 0 Å². The molecule has 23 heavy (non-hydrogen) atoms. The van der Waals surface area contributed by atoms with Crippen molar-refractivity contribution in [1.29, 1.82) is 0 Å². The van der Waals surface area contributed by atoms with Gasteiger partial charge in [-0.05, 0) is 25.3 Å². The number of rotatable bonds is 3. The maximum atomic E-state index is 13.0. The Morgan fingerprint density at radius 1 is 1.30 bits per heavy atom. The van der Waals surface area contributed by atoms with Crippen molar-refractivity contribution in [2.75, 3.05) is 6.54 Å². The molecule has 1 aliphatic heterocycles. The lowest BCUT2D eigenvalue weighted by molar-refractivity contribution is -0.459. The van der Waals surface area contributed by atoms with Gasteiger partial charge in [0, 0.05) is 6.07 Å². The van der Waals surface area contributed by atoms with Gasteiger partial charge in [-0.2, -0.15) is 18.6 Å². The molecule has 1 aromatic rings. The molecule has 0 saturated heterocycles. The van der Waals surface area contributed by atoms with Crippen LogP contribution in [0.2, 0.25) is 0 Å². The second-order valence-corrected chi connectivity index (χ2v) is 5.08. The number of hydrogen-bond acceptors (Lipinski definition) is 4. The third-order valence-corrected chi connectivity index (χ3v) is 3.42. The number of nitro groups is 1. The van der Waals surface area contributed by atoms with Crippen LogP contribution in [0.5, 0.6) is 0 Å². The van der Waals surface area contributed by atoms with Gasteiger partial charge in [-0.1, -0.05) is 11.2 Å². The van der Waals surface area contributed by atoms with Crippen LogP contribution in [0.4, 0.5) is 18.9 Å². The molecular weight excluding hydrogens is 313 g/mol. The maximum Gasteiger partial charge on any atom is 0.417 e. The molecule has 124 valence electrons. The topological polar surface area (TPSA) is 81.5 Å². The second-order valence-electron chi connectivity index (χ2n) is 5.08. The molecule has 2 rings (SSSR count). The molecular formula is C14H16F3N4O2+. The van der Waals surface area contributed by atoms with Crippen LogP contribution in [0.1, 0.15) is 36.8 Å². The van der Waals surface area contributed by atoms with Crippen LogP contribution in [0, 0.1) is 10.1 Å². The van der Waals surface area contributed by atoms with Crippen molar-refractivity contribution in [2.24, 2.45) is 5.10 Å². The minimum atomic E-state index is -4.69. The molecule has 1 heterocycles. The normalized spacial score (nSPS) is 16.0. The monoisotopic (exact) mass is 329 g/mol. The van der Waals surface area contributed by atoms with E-state index < -0.39 is 27.9 Å². The summed E-state index contributed by atoms with van der Waals surface area (Å²) >= 11 is 0. The first-order valence-electron chi connectivity index (χ1n) is 7.13. The van der Waals surface area contributed by atoms with E-state index in [2.05, 4.69) is 15.5 Å². The number of nitrogens with zero attached hydrogens (tertiary/aromatic N) is 2. The summed E-state index contributed by atoms with van der Waals surface area (Å²) in [6.07, 6.45) is -0.117. The number of hydrazone groups is 1. The summed E-state index contributed by atoms with van der Waals surface area (Å²) in [4.78, 5) is 13.2. The minimum Gasteiger partial charge on any atom is -0.277 e. The highest BCUT2D eigenvalue weighted by Gasteiger charge is 2.36. The van der Waals surface area contributed by atoms with E-state index in [0.29, 0.717) is 12.3 Å². The average Bonchev–Trinajstić information content (AvgIpc) is 2.75. The molecule has 0 unspecified atom stereocenters. The Morgan fingerprint density at radius 2 is 2.09 bits per heavy atom. The van der Waals surface area contributed by atoms with Gasteiger partial charge in [0.25, 0.3) is 11.5 Å². The van der Waals surface area contributed by atoms with Gasteiger partial charge in [0.15, 0.2) is 0 Å². The third-order valence-electron chi connectivity index (χ3n) is 3.42. The molecule has 0 spiro atoms. The van der Waals surface area contributed by atoms with Crippen molar-refractivity contribution in [3.63, 3.8) is 0 Å². The Hall–Kier alpha value is -2.45. The van der Waals surface area contributed by atoms with Crippen molar-refractivity contribution < 1.29 is 23.1 Å². The van der Waals surface area contributed by atoms with Crippen LogP contribution in [-0.4, -0.2) is 23.5 Å². The van der Waals surface area contributed by atoms with E-state index >= 15 is 0 Å². The summed E-state index contributed by atoms with van der Waals surface area (Å²) in [5.74, 6) is 0.700. The Kier molecular flexibility index (Phi) is 5.30. The van der Waals surface area contributed by atoms with Crippen molar-refractivity contribution in [3.8, 4) is 0 Å². The van der Waals surface area contributed by atoms with E-state index in [-0.39, 0.29) is 0 Å². The zero-order chi connectivity index (χ0) is 16.9. The highest BCUT2D eigenvalue weighted by Crippen LogP contribution is 2.34. The molecule has 0 aromatic heterocycles. The predicted octanol–water partition coefficient (Wildman–Crippen LogP) is 1.59. The van der Waals surface area contributed by atoms with Gasteiger partial charge < -0.3 is 0 Å². The Balaban J connectivity index is 2.28. The number of benzene rings is 1. The number of halogens is 3. The number of amidine groups is 1. The highest BCUT2D eigenvalue weighted by molar-refractivity contribution is 5.88. The van der Waals surface area contributed by atoms with Crippen LogP contribution in [0.25, 0.3) is 0 Å². The van der Waals surface area contributed by atoms with Gasteiger partial charge in [-0.25, -0.2) is 0 Å². The molecule has 0 radical (unpaired) electrons. The van der Waals surface area contributed by atoms with Crippen LogP contribution < -0.4 is 10.4 Å². The van der Waals surface area contributed by atoms with E-state index in [0.717, 1.165) is 50.2 Å². The summed E-state index contributed by atoms with van der Waals surface area (Å²) in [7, 11) is 0. The van der Waals surface area contributed by atoms with Crippen LogP contribution in [0.3, 0.4) is 0 Å². The maximum absolute atomic E-state index is 13.0. The summed E-state index contributed by atoms with van der Waals surface area (Å²) in [5.41, 5.74) is 0.355. The Bertz CT molecular complexity index is 641. The molecule has 0 saturated carbocycles.